The second-order valence-electron chi connectivity index (χ2n) is 9.75. The van der Waals surface area contributed by atoms with Gasteiger partial charge in [-0.25, -0.2) is 4.79 Å². The van der Waals surface area contributed by atoms with E-state index in [0.29, 0.717) is 22.4 Å². The Morgan fingerprint density at radius 2 is 1.58 bits per heavy atom. The topological polar surface area (TPSA) is 108 Å². The molecule has 0 aliphatic rings. The van der Waals surface area contributed by atoms with Crippen LogP contribution in [0.1, 0.15) is 49.4 Å². The van der Waals surface area contributed by atoms with Gasteiger partial charge in [0.2, 0.25) is 5.91 Å². The SMILES string of the molecule is COC(=O)C[C@H](Cc1ccc(OC)cc1CN(Cc1ccc(C(F)(F)F)cc1)C(=O)OC(C)(C)C)C(N)=O. The molecule has 8 nitrogen and oxygen atoms in total. The average Bonchev–Trinajstić information content (AvgIpc) is 2.82. The molecule has 0 aliphatic heterocycles. The van der Waals surface area contributed by atoms with Gasteiger partial charge in [-0.15, -0.1) is 0 Å². The fraction of sp³-hybridized carbons (Fsp3) is 0.444. The molecule has 11 heteroatoms. The van der Waals surface area contributed by atoms with E-state index in [1.165, 1.54) is 31.3 Å². The van der Waals surface area contributed by atoms with Gasteiger partial charge in [0.25, 0.3) is 0 Å². The Bertz CT molecular complexity index is 1130. The molecule has 0 fully saturated rings. The molecule has 0 spiro atoms. The Balaban J connectivity index is 2.44. The van der Waals surface area contributed by atoms with Crippen molar-refractivity contribution >= 4 is 18.0 Å². The van der Waals surface area contributed by atoms with Crippen LogP contribution in [0.3, 0.4) is 0 Å². The molecule has 0 aliphatic carbocycles. The van der Waals surface area contributed by atoms with Crippen molar-refractivity contribution in [2.45, 2.75) is 58.5 Å². The third-order valence-corrected chi connectivity index (χ3v) is 5.59. The second-order valence-corrected chi connectivity index (χ2v) is 9.75. The number of methoxy groups -OCH3 is 2. The number of benzene rings is 2. The van der Waals surface area contributed by atoms with Gasteiger partial charge in [0, 0.05) is 13.1 Å². The lowest BCUT2D eigenvalue weighted by molar-refractivity contribution is -0.143. The molecule has 38 heavy (non-hydrogen) atoms. The number of nitrogens with zero attached hydrogens (tertiary/aromatic N) is 1. The zero-order valence-corrected chi connectivity index (χ0v) is 22.1. The Labute approximate surface area is 219 Å². The molecule has 2 N–H and O–H groups in total. The molecule has 0 saturated heterocycles. The van der Waals surface area contributed by atoms with Crippen LogP contribution >= 0.6 is 0 Å². The fourth-order valence-electron chi connectivity index (χ4n) is 3.64. The van der Waals surface area contributed by atoms with Crippen molar-refractivity contribution in [1.29, 1.82) is 0 Å². The minimum absolute atomic E-state index is 0.0217. The number of esters is 1. The van der Waals surface area contributed by atoms with Crippen LogP contribution in [0.4, 0.5) is 18.0 Å². The first kappa shape index (κ1) is 30.5. The van der Waals surface area contributed by atoms with Gasteiger partial charge in [0.05, 0.1) is 32.1 Å². The summed E-state index contributed by atoms with van der Waals surface area (Å²) in [7, 11) is 2.68. The average molecular weight is 539 g/mol. The highest BCUT2D eigenvalue weighted by Gasteiger charge is 2.30. The zero-order valence-electron chi connectivity index (χ0n) is 22.1. The van der Waals surface area contributed by atoms with Crippen LogP contribution in [0, 0.1) is 5.92 Å². The summed E-state index contributed by atoms with van der Waals surface area (Å²) in [5, 5.41) is 0. The van der Waals surface area contributed by atoms with Crippen molar-refractivity contribution in [2.75, 3.05) is 14.2 Å². The Morgan fingerprint density at radius 1 is 0.947 bits per heavy atom. The number of nitrogens with two attached hydrogens (primary N) is 1. The number of halogens is 3. The summed E-state index contributed by atoms with van der Waals surface area (Å²) < 4.78 is 54.5. The zero-order chi connectivity index (χ0) is 28.7. The molecule has 0 aromatic heterocycles. The Hall–Kier alpha value is -3.76. The van der Waals surface area contributed by atoms with E-state index in [1.54, 1.807) is 39.0 Å². The first-order valence-electron chi connectivity index (χ1n) is 11.8. The molecule has 2 rings (SSSR count). The number of primary amides is 1. The normalized spacial score (nSPS) is 12.4. The summed E-state index contributed by atoms with van der Waals surface area (Å²) in [6.45, 7) is 5.02. The molecule has 0 bridgehead atoms. The van der Waals surface area contributed by atoms with Crippen LogP contribution in [0.15, 0.2) is 42.5 Å². The van der Waals surface area contributed by atoms with Gasteiger partial charge in [0.1, 0.15) is 11.4 Å². The molecule has 208 valence electrons. The summed E-state index contributed by atoms with van der Waals surface area (Å²) >= 11 is 0. The number of carbonyl (C=O) groups excluding carboxylic acids is 3. The number of carbonyl (C=O) groups is 3. The maximum absolute atomic E-state index is 13.1. The fourth-order valence-corrected chi connectivity index (χ4v) is 3.64. The lowest BCUT2D eigenvalue weighted by atomic mass is 9.92. The number of amides is 2. The summed E-state index contributed by atoms with van der Waals surface area (Å²) in [6, 6.07) is 9.54. The van der Waals surface area contributed by atoms with E-state index in [0.717, 1.165) is 12.1 Å². The van der Waals surface area contributed by atoms with Gasteiger partial charge in [0.15, 0.2) is 0 Å². The van der Waals surface area contributed by atoms with Gasteiger partial charge in [-0.2, -0.15) is 13.2 Å². The minimum atomic E-state index is -4.49. The monoisotopic (exact) mass is 538 g/mol. The quantitative estimate of drug-likeness (QED) is 0.433. The maximum Gasteiger partial charge on any atom is 0.416 e. The number of hydrogen-bond acceptors (Lipinski definition) is 6. The van der Waals surface area contributed by atoms with Crippen LogP contribution in [0.5, 0.6) is 5.75 Å². The van der Waals surface area contributed by atoms with E-state index < -0.39 is 41.2 Å². The molecule has 2 aromatic rings. The summed E-state index contributed by atoms with van der Waals surface area (Å²) in [6.07, 6.45) is -5.31. The number of ether oxygens (including phenoxy) is 3. The van der Waals surface area contributed by atoms with Crippen LogP contribution in [0.25, 0.3) is 0 Å². The highest BCUT2D eigenvalue weighted by molar-refractivity contribution is 5.82. The molecular formula is C27H33F3N2O6. The largest absolute Gasteiger partial charge is 0.497 e. The van der Waals surface area contributed by atoms with Crippen molar-refractivity contribution in [3.63, 3.8) is 0 Å². The lowest BCUT2D eigenvalue weighted by Crippen LogP contribution is -2.36. The number of alkyl halides is 3. The van der Waals surface area contributed by atoms with Crippen LogP contribution in [-0.4, -0.2) is 42.7 Å². The van der Waals surface area contributed by atoms with Crippen LogP contribution < -0.4 is 10.5 Å². The molecule has 0 heterocycles. The van der Waals surface area contributed by atoms with Crippen LogP contribution in [-0.2, 0) is 44.7 Å². The van der Waals surface area contributed by atoms with Gasteiger partial charge in [-0.1, -0.05) is 18.2 Å². The predicted molar refractivity (Wildman–Crippen MR) is 133 cm³/mol. The smallest absolute Gasteiger partial charge is 0.416 e. The molecule has 1 atom stereocenters. The van der Waals surface area contributed by atoms with Crippen molar-refractivity contribution < 1.29 is 41.8 Å². The van der Waals surface area contributed by atoms with Gasteiger partial charge >= 0.3 is 18.2 Å². The van der Waals surface area contributed by atoms with E-state index in [-0.39, 0.29) is 25.9 Å². The van der Waals surface area contributed by atoms with Gasteiger partial charge in [-0.05, 0) is 68.1 Å². The molecule has 0 unspecified atom stereocenters. The molecule has 2 aromatic carbocycles. The van der Waals surface area contributed by atoms with Crippen molar-refractivity contribution in [1.82, 2.24) is 4.90 Å². The predicted octanol–water partition coefficient (Wildman–Crippen LogP) is 4.86. The number of rotatable bonds is 10. The van der Waals surface area contributed by atoms with E-state index in [4.69, 9.17) is 15.2 Å². The Morgan fingerprint density at radius 3 is 2.08 bits per heavy atom. The van der Waals surface area contributed by atoms with Gasteiger partial charge in [-0.3, -0.25) is 14.5 Å². The Kier molecular flexibility index (Phi) is 10.1. The van der Waals surface area contributed by atoms with E-state index in [1.807, 2.05) is 0 Å². The van der Waals surface area contributed by atoms with Crippen molar-refractivity contribution in [2.24, 2.45) is 11.7 Å². The molecular weight excluding hydrogens is 505 g/mol. The highest BCUT2D eigenvalue weighted by Crippen LogP contribution is 2.30. The van der Waals surface area contributed by atoms with E-state index in [9.17, 15) is 27.6 Å². The van der Waals surface area contributed by atoms with E-state index >= 15 is 0 Å². The standard InChI is InChI=1S/C27H33F3N2O6/c1-26(2,3)38-25(35)32(15-17-6-9-21(10-7-17)27(28,29)30)16-20-13-22(36-4)11-8-18(20)12-19(24(31)34)14-23(33)37-5/h6-11,13,19H,12,14-16H2,1-5H3,(H2,31,34)/t19-/m0/s1. The first-order valence-corrected chi connectivity index (χ1v) is 11.8. The third kappa shape index (κ3) is 9.28. The first-order chi connectivity index (χ1) is 17.6. The summed E-state index contributed by atoms with van der Waals surface area (Å²) in [5.41, 5.74) is 5.55. The second kappa shape index (κ2) is 12.7. The minimum Gasteiger partial charge on any atom is -0.497 e. The van der Waals surface area contributed by atoms with Crippen molar-refractivity contribution in [3.05, 3.63) is 64.7 Å². The van der Waals surface area contributed by atoms with Gasteiger partial charge < -0.3 is 19.9 Å². The summed E-state index contributed by atoms with van der Waals surface area (Å²) in [4.78, 5) is 38.3. The van der Waals surface area contributed by atoms with Crippen LogP contribution in [0.2, 0.25) is 0 Å². The number of hydrogen-bond donors (Lipinski definition) is 1. The van der Waals surface area contributed by atoms with Crippen molar-refractivity contribution in [3.8, 4) is 5.75 Å². The molecule has 2 amide bonds. The van der Waals surface area contributed by atoms with E-state index in [2.05, 4.69) is 4.74 Å². The maximum atomic E-state index is 13.1. The lowest BCUT2D eigenvalue weighted by Gasteiger charge is -2.28. The highest BCUT2D eigenvalue weighted by atomic mass is 19.4. The third-order valence-electron chi connectivity index (χ3n) is 5.59. The summed E-state index contributed by atoms with van der Waals surface area (Å²) in [5.74, 6) is -1.67. The molecule has 0 saturated carbocycles. The molecule has 0 radical (unpaired) electrons.